The fraction of sp³-hybridized carbons (Fsp3) is 0.818. The van der Waals surface area contributed by atoms with Gasteiger partial charge in [0, 0.05) is 19.6 Å². The summed E-state index contributed by atoms with van der Waals surface area (Å²) in [4.78, 5) is 17.4. The van der Waals surface area contributed by atoms with Gasteiger partial charge >= 0.3 is 0 Å². The van der Waals surface area contributed by atoms with Gasteiger partial charge in [-0.1, -0.05) is 13.8 Å². The van der Waals surface area contributed by atoms with Gasteiger partial charge in [-0.25, -0.2) is 0 Å². The molecule has 0 bridgehead atoms. The van der Waals surface area contributed by atoms with E-state index in [1.54, 1.807) is 0 Å². The summed E-state index contributed by atoms with van der Waals surface area (Å²) in [5, 5.41) is 0. The third-order valence-corrected chi connectivity index (χ3v) is 2.77. The number of amides is 1. The number of carbonyl (C=O) groups excluding carboxylic acids is 1. The Labute approximate surface area is 96.9 Å². The predicted molar refractivity (Wildman–Crippen MR) is 64.8 cm³/mol. The molecule has 0 spiro atoms. The van der Waals surface area contributed by atoms with Crippen LogP contribution in [0.5, 0.6) is 0 Å². The van der Waals surface area contributed by atoms with Crippen molar-refractivity contribution in [2.24, 2.45) is 28.3 Å². The Kier molecular flexibility index (Phi) is 4.58. The van der Waals surface area contributed by atoms with Crippen LogP contribution in [0.25, 0.3) is 0 Å². The lowest BCUT2D eigenvalue weighted by molar-refractivity contribution is -0.122. The number of aliphatic imine (C=N–C) groups is 1. The number of hydrogen-bond acceptors (Lipinski definition) is 2. The molecular formula is C11H22N4O. The Morgan fingerprint density at radius 3 is 2.75 bits per heavy atom. The van der Waals surface area contributed by atoms with E-state index in [-0.39, 0.29) is 11.8 Å². The topological polar surface area (TPSA) is 84.7 Å². The molecule has 92 valence electrons. The second-order valence-corrected chi connectivity index (χ2v) is 4.78. The lowest BCUT2D eigenvalue weighted by Gasteiger charge is -2.32. The average molecular weight is 226 g/mol. The molecule has 1 saturated heterocycles. The molecule has 1 rings (SSSR count). The zero-order valence-electron chi connectivity index (χ0n) is 10.1. The summed E-state index contributed by atoms with van der Waals surface area (Å²) in [5.74, 6) is 0.720. The van der Waals surface area contributed by atoms with Gasteiger partial charge in [-0.3, -0.25) is 9.79 Å². The molecule has 1 fully saturated rings. The molecule has 16 heavy (non-hydrogen) atoms. The highest BCUT2D eigenvalue weighted by Gasteiger charge is 2.24. The van der Waals surface area contributed by atoms with Crippen molar-refractivity contribution in [2.45, 2.75) is 26.7 Å². The first-order chi connectivity index (χ1) is 7.50. The number of hydrogen-bond donors (Lipinski definition) is 2. The number of likely N-dealkylation sites (tertiary alicyclic amines) is 1. The van der Waals surface area contributed by atoms with E-state index in [9.17, 15) is 4.79 Å². The van der Waals surface area contributed by atoms with Gasteiger partial charge < -0.3 is 16.4 Å². The van der Waals surface area contributed by atoms with Crippen molar-refractivity contribution >= 4 is 11.9 Å². The minimum Gasteiger partial charge on any atom is -0.370 e. The molecule has 1 heterocycles. The van der Waals surface area contributed by atoms with Gasteiger partial charge in [0.2, 0.25) is 5.91 Å². The Morgan fingerprint density at radius 2 is 2.19 bits per heavy atom. The lowest BCUT2D eigenvalue weighted by atomic mass is 9.98. The molecule has 0 aromatic heterocycles. The van der Waals surface area contributed by atoms with Gasteiger partial charge in [0.25, 0.3) is 0 Å². The lowest BCUT2D eigenvalue weighted by Crippen LogP contribution is -2.47. The van der Waals surface area contributed by atoms with Crippen LogP contribution in [0, 0.1) is 11.8 Å². The Hall–Kier alpha value is -1.26. The van der Waals surface area contributed by atoms with Crippen molar-refractivity contribution in [2.75, 3.05) is 19.6 Å². The van der Waals surface area contributed by atoms with Crippen LogP contribution in [-0.2, 0) is 4.79 Å². The van der Waals surface area contributed by atoms with Crippen molar-refractivity contribution in [3.63, 3.8) is 0 Å². The summed E-state index contributed by atoms with van der Waals surface area (Å²) < 4.78 is 0. The first kappa shape index (κ1) is 12.8. The average Bonchev–Trinajstić information content (AvgIpc) is 2.26. The molecule has 1 aliphatic rings. The Balaban J connectivity index is 2.52. The number of nitrogens with two attached hydrogens (primary N) is 2. The first-order valence-electron chi connectivity index (χ1n) is 5.85. The van der Waals surface area contributed by atoms with Gasteiger partial charge in [0.1, 0.15) is 0 Å². The van der Waals surface area contributed by atoms with E-state index in [0.717, 1.165) is 25.9 Å². The normalized spacial score (nSPS) is 22.6. The van der Waals surface area contributed by atoms with E-state index in [2.05, 4.69) is 18.8 Å². The van der Waals surface area contributed by atoms with Crippen LogP contribution in [0.4, 0.5) is 0 Å². The summed E-state index contributed by atoms with van der Waals surface area (Å²) in [6, 6.07) is 0. The largest absolute Gasteiger partial charge is 0.370 e. The molecule has 1 aliphatic heterocycles. The zero-order chi connectivity index (χ0) is 12.1. The van der Waals surface area contributed by atoms with E-state index in [1.807, 2.05) is 4.90 Å². The number of carbonyl (C=O) groups is 1. The smallest absolute Gasteiger partial charge is 0.222 e. The summed E-state index contributed by atoms with van der Waals surface area (Å²) in [7, 11) is 0. The van der Waals surface area contributed by atoms with Gasteiger partial charge in [-0.15, -0.1) is 0 Å². The maximum absolute atomic E-state index is 11.1. The minimum atomic E-state index is -0.235. The van der Waals surface area contributed by atoms with E-state index in [0.29, 0.717) is 18.4 Å². The van der Waals surface area contributed by atoms with Crippen LogP contribution >= 0.6 is 0 Å². The minimum absolute atomic E-state index is 0.0819. The van der Waals surface area contributed by atoms with Crippen molar-refractivity contribution < 1.29 is 4.79 Å². The van der Waals surface area contributed by atoms with E-state index in [1.165, 1.54) is 0 Å². The monoisotopic (exact) mass is 226 g/mol. The van der Waals surface area contributed by atoms with E-state index >= 15 is 0 Å². The van der Waals surface area contributed by atoms with Crippen LogP contribution in [0.3, 0.4) is 0 Å². The summed E-state index contributed by atoms with van der Waals surface area (Å²) in [6.45, 7) is 6.40. The third kappa shape index (κ3) is 3.72. The van der Waals surface area contributed by atoms with Gasteiger partial charge in [0.15, 0.2) is 5.96 Å². The molecule has 1 unspecified atom stereocenters. The van der Waals surface area contributed by atoms with Crippen LogP contribution in [0.1, 0.15) is 26.7 Å². The molecule has 5 heteroatoms. The highest BCUT2D eigenvalue weighted by Crippen LogP contribution is 2.15. The maximum Gasteiger partial charge on any atom is 0.222 e. The second-order valence-electron chi connectivity index (χ2n) is 4.78. The summed E-state index contributed by atoms with van der Waals surface area (Å²) >= 11 is 0. The summed E-state index contributed by atoms with van der Waals surface area (Å²) in [5.41, 5.74) is 11.2. The molecule has 5 nitrogen and oxygen atoms in total. The van der Waals surface area contributed by atoms with Crippen LogP contribution in [-0.4, -0.2) is 36.4 Å². The zero-order valence-corrected chi connectivity index (χ0v) is 10.1. The van der Waals surface area contributed by atoms with E-state index < -0.39 is 0 Å². The maximum atomic E-state index is 11.1. The van der Waals surface area contributed by atoms with Gasteiger partial charge in [-0.05, 0) is 18.8 Å². The highest BCUT2D eigenvalue weighted by atomic mass is 16.1. The molecule has 0 aromatic rings. The Morgan fingerprint density at radius 1 is 1.50 bits per heavy atom. The predicted octanol–water partition coefficient (Wildman–Crippen LogP) is 0.154. The van der Waals surface area contributed by atoms with Crippen molar-refractivity contribution in [3.8, 4) is 0 Å². The fourth-order valence-corrected chi connectivity index (χ4v) is 1.79. The van der Waals surface area contributed by atoms with Crippen LogP contribution in [0.2, 0.25) is 0 Å². The fourth-order valence-electron chi connectivity index (χ4n) is 1.79. The molecule has 4 N–H and O–H groups in total. The van der Waals surface area contributed by atoms with E-state index in [4.69, 9.17) is 11.5 Å². The van der Waals surface area contributed by atoms with Crippen molar-refractivity contribution in [1.82, 2.24) is 4.90 Å². The molecule has 0 aromatic carbocycles. The SMILES string of the molecule is CC(C)CN=C(N)N1CCCC(C(N)=O)C1. The van der Waals surface area contributed by atoms with Crippen LogP contribution < -0.4 is 11.5 Å². The Bertz CT molecular complexity index is 275. The van der Waals surface area contributed by atoms with Crippen LogP contribution in [0.15, 0.2) is 4.99 Å². The molecule has 1 atom stereocenters. The number of rotatable bonds is 3. The summed E-state index contributed by atoms with van der Waals surface area (Å²) in [6.07, 6.45) is 1.81. The number of piperidine rings is 1. The number of guanidine groups is 1. The standard InChI is InChI=1S/C11H22N4O/c1-8(2)6-14-11(13)15-5-3-4-9(7-15)10(12)16/h8-9H,3-7H2,1-2H3,(H2,12,16)(H2,13,14). The van der Waals surface area contributed by atoms with Gasteiger partial charge in [0.05, 0.1) is 5.92 Å². The quantitative estimate of drug-likeness (QED) is 0.531. The van der Waals surface area contributed by atoms with Gasteiger partial charge in [-0.2, -0.15) is 0 Å². The molecule has 0 aliphatic carbocycles. The number of primary amides is 1. The second kappa shape index (κ2) is 5.72. The molecular weight excluding hydrogens is 204 g/mol. The first-order valence-corrected chi connectivity index (χ1v) is 5.85. The number of nitrogens with zero attached hydrogens (tertiary/aromatic N) is 2. The third-order valence-electron chi connectivity index (χ3n) is 2.77. The van der Waals surface area contributed by atoms with Crippen molar-refractivity contribution in [1.29, 1.82) is 0 Å². The highest BCUT2D eigenvalue weighted by molar-refractivity contribution is 5.81. The van der Waals surface area contributed by atoms with Crippen molar-refractivity contribution in [3.05, 3.63) is 0 Å². The molecule has 0 saturated carbocycles. The molecule has 1 amide bonds. The molecule has 0 radical (unpaired) electrons.